The number of aromatic nitrogens is 2. The zero-order valence-electron chi connectivity index (χ0n) is 9.03. The SMILES string of the molecule is CSc1nc(Cl)cc(NCC2(CO)CC2)n1. The smallest absolute Gasteiger partial charge is 0.190 e. The topological polar surface area (TPSA) is 58.0 Å². The van der Waals surface area contributed by atoms with Crippen molar-refractivity contribution in [1.29, 1.82) is 0 Å². The second kappa shape index (κ2) is 4.77. The molecule has 0 spiro atoms. The molecule has 0 atom stereocenters. The lowest BCUT2D eigenvalue weighted by Gasteiger charge is -2.13. The van der Waals surface area contributed by atoms with Crippen LogP contribution in [-0.4, -0.2) is 34.5 Å². The summed E-state index contributed by atoms with van der Waals surface area (Å²) in [5.74, 6) is 0.726. The Kier molecular flexibility index (Phi) is 3.56. The fourth-order valence-electron chi connectivity index (χ4n) is 1.42. The molecule has 0 aromatic carbocycles. The summed E-state index contributed by atoms with van der Waals surface area (Å²) in [7, 11) is 0. The number of nitrogens with one attached hydrogen (secondary N) is 1. The second-order valence-electron chi connectivity index (χ2n) is 4.07. The van der Waals surface area contributed by atoms with Gasteiger partial charge in [0.2, 0.25) is 0 Å². The van der Waals surface area contributed by atoms with Gasteiger partial charge in [-0.1, -0.05) is 23.4 Å². The van der Waals surface area contributed by atoms with Gasteiger partial charge in [-0.15, -0.1) is 0 Å². The number of nitrogens with zero attached hydrogens (tertiary/aromatic N) is 2. The molecule has 1 saturated carbocycles. The first-order valence-electron chi connectivity index (χ1n) is 5.11. The third kappa shape index (κ3) is 2.78. The average molecular weight is 260 g/mol. The molecular weight excluding hydrogens is 246 g/mol. The van der Waals surface area contributed by atoms with Crippen molar-refractivity contribution in [3.8, 4) is 0 Å². The first kappa shape index (κ1) is 12.0. The zero-order chi connectivity index (χ0) is 11.6. The normalized spacial score (nSPS) is 17.2. The summed E-state index contributed by atoms with van der Waals surface area (Å²) < 4.78 is 0. The molecule has 4 nitrogen and oxygen atoms in total. The first-order valence-corrected chi connectivity index (χ1v) is 6.71. The molecule has 1 aliphatic carbocycles. The largest absolute Gasteiger partial charge is 0.396 e. The van der Waals surface area contributed by atoms with Crippen LogP contribution in [0.3, 0.4) is 0 Å². The summed E-state index contributed by atoms with van der Waals surface area (Å²) in [5.41, 5.74) is 0.0664. The Morgan fingerprint density at radius 3 is 2.88 bits per heavy atom. The van der Waals surface area contributed by atoms with Crippen molar-refractivity contribution < 1.29 is 5.11 Å². The van der Waals surface area contributed by atoms with E-state index in [4.69, 9.17) is 11.6 Å². The molecule has 0 amide bonds. The van der Waals surface area contributed by atoms with Crippen molar-refractivity contribution in [2.45, 2.75) is 18.0 Å². The number of aliphatic hydroxyl groups excluding tert-OH is 1. The molecule has 1 fully saturated rings. The molecule has 88 valence electrons. The second-order valence-corrected chi connectivity index (χ2v) is 5.23. The van der Waals surface area contributed by atoms with E-state index in [0.29, 0.717) is 10.3 Å². The van der Waals surface area contributed by atoms with Crippen LogP contribution in [0.15, 0.2) is 11.2 Å². The molecule has 0 saturated heterocycles. The Bertz CT molecular complexity index is 384. The quantitative estimate of drug-likeness (QED) is 0.481. The fraction of sp³-hybridized carbons (Fsp3) is 0.600. The number of hydrogen-bond donors (Lipinski definition) is 2. The van der Waals surface area contributed by atoms with Crippen molar-refractivity contribution >= 4 is 29.2 Å². The number of rotatable bonds is 5. The minimum absolute atomic E-state index is 0.0664. The highest BCUT2D eigenvalue weighted by Crippen LogP contribution is 2.44. The maximum absolute atomic E-state index is 9.19. The van der Waals surface area contributed by atoms with E-state index in [9.17, 15) is 5.11 Å². The lowest BCUT2D eigenvalue weighted by Crippen LogP contribution is -2.19. The summed E-state index contributed by atoms with van der Waals surface area (Å²) in [6.07, 6.45) is 4.06. The summed E-state index contributed by atoms with van der Waals surface area (Å²) in [6.45, 7) is 0.971. The Morgan fingerprint density at radius 2 is 2.31 bits per heavy atom. The number of anilines is 1. The van der Waals surface area contributed by atoms with Gasteiger partial charge in [0.15, 0.2) is 5.16 Å². The molecule has 1 aromatic heterocycles. The maximum atomic E-state index is 9.19. The van der Waals surface area contributed by atoms with E-state index in [-0.39, 0.29) is 12.0 Å². The van der Waals surface area contributed by atoms with Gasteiger partial charge >= 0.3 is 0 Å². The van der Waals surface area contributed by atoms with E-state index in [1.165, 1.54) is 11.8 Å². The van der Waals surface area contributed by atoms with Crippen molar-refractivity contribution in [1.82, 2.24) is 9.97 Å². The van der Waals surface area contributed by atoms with Crippen molar-refractivity contribution in [2.24, 2.45) is 5.41 Å². The van der Waals surface area contributed by atoms with Gasteiger partial charge in [0.25, 0.3) is 0 Å². The lowest BCUT2D eigenvalue weighted by molar-refractivity contribution is 0.219. The molecule has 0 radical (unpaired) electrons. The van der Waals surface area contributed by atoms with E-state index in [2.05, 4.69) is 15.3 Å². The molecular formula is C10H14ClN3OS. The third-order valence-corrected chi connectivity index (χ3v) is 3.54. The number of thioether (sulfide) groups is 1. The molecule has 2 rings (SSSR count). The van der Waals surface area contributed by atoms with Crippen LogP contribution in [0.2, 0.25) is 5.15 Å². The summed E-state index contributed by atoms with van der Waals surface area (Å²) in [4.78, 5) is 8.35. The third-order valence-electron chi connectivity index (χ3n) is 2.79. The van der Waals surface area contributed by atoms with Gasteiger partial charge in [0, 0.05) is 18.0 Å². The van der Waals surface area contributed by atoms with Gasteiger partial charge in [-0.25, -0.2) is 9.97 Å². The first-order chi connectivity index (χ1) is 7.67. The molecule has 6 heteroatoms. The van der Waals surface area contributed by atoms with Gasteiger partial charge < -0.3 is 10.4 Å². The highest BCUT2D eigenvalue weighted by atomic mass is 35.5. The van der Waals surface area contributed by atoms with Crippen LogP contribution in [0, 0.1) is 5.41 Å². The molecule has 0 bridgehead atoms. The van der Waals surface area contributed by atoms with E-state index >= 15 is 0 Å². The number of halogens is 1. The van der Waals surface area contributed by atoms with E-state index < -0.39 is 0 Å². The van der Waals surface area contributed by atoms with Gasteiger partial charge in [0.1, 0.15) is 11.0 Å². The summed E-state index contributed by atoms with van der Waals surface area (Å²) >= 11 is 7.33. The molecule has 16 heavy (non-hydrogen) atoms. The standard InChI is InChI=1S/C10H14ClN3OS/c1-16-9-13-7(11)4-8(14-9)12-5-10(6-15)2-3-10/h4,15H,2-3,5-6H2,1H3,(H,12,13,14). The molecule has 2 N–H and O–H groups in total. The van der Waals surface area contributed by atoms with Crippen LogP contribution in [-0.2, 0) is 0 Å². The van der Waals surface area contributed by atoms with E-state index in [0.717, 1.165) is 25.2 Å². The van der Waals surface area contributed by atoms with E-state index in [1.54, 1.807) is 6.07 Å². The summed E-state index contributed by atoms with van der Waals surface area (Å²) in [6, 6.07) is 1.70. The number of hydrogen-bond acceptors (Lipinski definition) is 5. The van der Waals surface area contributed by atoms with Gasteiger partial charge in [0.05, 0.1) is 6.61 Å². The van der Waals surface area contributed by atoms with Crippen LogP contribution >= 0.6 is 23.4 Å². The molecule has 1 aliphatic rings. The maximum Gasteiger partial charge on any atom is 0.190 e. The fourth-order valence-corrected chi connectivity index (χ4v) is 2.04. The van der Waals surface area contributed by atoms with Crippen molar-refractivity contribution in [3.63, 3.8) is 0 Å². The monoisotopic (exact) mass is 259 g/mol. The molecule has 0 unspecified atom stereocenters. The lowest BCUT2D eigenvalue weighted by atomic mass is 10.1. The number of aliphatic hydroxyl groups is 1. The minimum atomic E-state index is 0.0664. The van der Waals surface area contributed by atoms with Gasteiger partial charge in [-0.3, -0.25) is 0 Å². The van der Waals surface area contributed by atoms with Crippen molar-refractivity contribution in [3.05, 3.63) is 11.2 Å². The molecule has 0 aliphatic heterocycles. The predicted octanol–water partition coefficient (Wildman–Crippen LogP) is 2.04. The van der Waals surface area contributed by atoms with Crippen LogP contribution in [0.4, 0.5) is 5.82 Å². The average Bonchev–Trinajstić information content (AvgIpc) is 3.06. The Labute approximate surface area is 104 Å². The highest BCUT2D eigenvalue weighted by Gasteiger charge is 2.41. The zero-order valence-corrected chi connectivity index (χ0v) is 10.6. The Hall–Kier alpha value is -0.520. The summed E-state index contributed by atoms with van der Waals surface area (Å²) in [5, 5.41) is 13.5. The van der Waals surface area contributed by atoms with Crippen LogP contribution in [0.1, 0.15) is 12.8 Å². The Balaban J connectivity index is 2.01. The Morgan fingerprint density at radius 1 is 1.56 bits per heavy atom. The van der Waals surface area contributed by atoms with Gasteiger partial charge in [-0.2, -0.15) is 0 Å². The highest BCUT2D eigenvalue weighted by molar-refractivity contribution is 7.98. The van der Waals surface area contributed by atoms with Crippen LogP contribution in [0.25, 0.3) is 0 Å². The minimum Gasteiger partial charge on any atom is -0.396 e. The van der Waals surface area contributed by atoms with Crippen molar-refractivity contribution in [2.75, 3.05) is 24.7 Å². The van der Waals surface area contributed by atoms with Crippen LogP contribution in [0.5, 0.6) is 0 Å². The van der Waals surface area contributed by atoms with E-state index in [1.807, 2.05) is 6.26 Å². The predicted molar refractivity (Wildman–Crippen MR) is 66.1 cm³/mol. The van der Waals surface area contributed by atoms with Crippen LogP contribution < -0.4 is 5.32 Å². The van der Waals surface area contributed by atoms with Gasteiger partial charge in [-0.05, 0) is 19.1 Å². The molecule has 1 heterocycles. The molecule has 1 aromatic rings.